The number of hydrogen-bond donors (Lipinski definition) is 0. The molecule has 212 valence electrons. The predicted molar refractivity (Wildman–Crippen MR) is 126 cm³/mol. The number of halogens is 6. The predicted octanol–water partition coefficient (Wildman–Crippen LogP) is 5.38. The minimum Gasteiger partial charge on any atom is -0.444 e. The highest BCUT2D eigenvalue weighted by molar-refractivity contribution is 5.78. The number of amides is 2. The van der Waals surface area contributed by atoms with Gasteiger partial charge in [0.2, 0.25) is 0 Å². The van der Waals surface area contributed by atoms with Crippen molar-refractivity contribution < 1.29 is 45.4 Å². The Morgan fingerprint density at radius 3 is 2.08 bits per heavy atom. The highest BCUT2D eigenvalue weighted by Crippen LogP contribution is 2.36. The molecule has 1 aromatic rings. The van der Waals surface area contributed by atoms with Crippen LogP contribution in [0, 0.1) is 6.92 Å². The number of carbonyl (C=O) groups excluding carboxylic acids is 2. The summed E-state index contributed by atoms with van der Waals surface area (Å²) >= 11 is 0. The lowest BCUT2D eigenvalue weighted by Gasteiger charge is -2.35. The van der Waals surface area contributed by atoms with Gasteiger partial charge < -0.3 is 19.3 Å². The number of ether oxygens (including phenoxy) is 2. The van der Waals surface area contributed by atoms with Crippen molar-refractivity contribution in [3.05, 3.63) is 41.0 Å². The van der Waals surface area contributed by atoms with Gasteiger partial charge in [-0.15, -0.1) is 0 Å². The first-order valence-electron chi connectivity index (χ1n) is 12.0. The summed E-state index contributed by atoms with van der Waals surface area (Å²) in [7, 11) is 0. The van der Waals surface area contributed by atoms with Crippen molar-refractivity contribution in [2.75, 3.05) is 39.3 Å². The quantitative estimate of drug-likeness (QED) is 0.471. The van der Waals surface area contributed by atoms with Gasteiger partial charge >= 0.3 is 24.5 Å². The number of benzene rings is 1. The Kier molecular flexibility index (Phi) is 8.59. The van der Waals surface area contributed by atoms with Crippen LogP contribution in [-0.2, 0) is 16.0 Å². The summed E-state index contributed by atoms with van der Waals surface area (Å²) in [4.78, 5) is 28.9. The lowest BCUT2D eigenvalue weighted by atomic mass is 9.97. The molecule has 13 heteroatoms. The summed E-state index contributed by atoms with van der Waals surface area (Å²) in [5.41, 5.74) is 3.22. The van der Waals surface area contributed by atoms with Gasteiger partial charge in [0, 0.05) is 45.8 Å². The van der Waals surface area contributed by atoms with Crippen LogP contribution in [0.1, 0.15) is 37.5 Å². The van der Waals surface area contributed by atoms with Gasteiger partial charge in [0.1, 0.15) is 5.60 Å². The number of alkyl halides is 6. The standard InChI is InChI=1S/C25H31F6N3O4/c1-16-5-6-17(19(13-16)18-7-8-34(15-18)22(36)38-23(2,3)4)14-32-9-11-33(12-10-32)21(35)37-20(24(26,27)28)25(29,30)31/h5-7,13,20H,8-12,14-15H2,1-4H3. The Hall–Kier alpha value is -2.96. The fourth-order valence-corrected chi connectivity index (χ4v) is 4.17. The van der Waals surface area contributed by atoms with E-state index in [0.29, 0.717) is 19.6 Å². The minimum atomic E-state index is -5.76. The van der Waals surface area contributed by atoms with Crippen LogP contribution in [0.5, 0.6) is 0 Å². The monoisotopic (exact) mass is 551 g/mol. The maximum Gasteiger partial charge on any atom is 0.434 e. The first-order chi connectivity index (χ1) is 17.4. The first-order valence-corrected chi connectivity index (χ1v) is 12.0. The minimum absolute atomic E-state index is 0.0857. The second-order valence-electron chi connectivity index (χ2n) is 10.4. The number of rotatable bonds is 4. The van der Waals surface area contributed by atoms with Crippen molar-refractivity contribution in [3.63, 3.8) is 0 Å². The number of piperazine rings is 1. The molecule has 1 fully saturated rings. The lowest BCUT2D eigenvalue weighted by Crippen LogP contribution is -2.52. The Labute approximate surface area is 216 Å². The highest BCUT2D eigenvalue weighted by atomic mass is 19.4. The molecule has 7 nitrogen and oxygen atoms in total. The Balaban J connectivity index is 1.61. The molecule has 2 heterocycles. The number of aryl methyl sites for hydroxylation is 1. The van der Waals surface area contributed by atoms with Crippen LogP contribution in [-0.4, -0.2) is 90.2 Å². The van der Waals surface area contributed by atoms with Crippen LogP contribution in [0.4, 0.5) is 35.9 Å². The zero-order valence-corrected chi connectivity index (χ0v) is 21.6. The van der Waals surface area contributed by atoms with E-state index in [0.717, 1.165) is 27.2 Å². The van der Waals surface area contributed by atoms with Crippen molar-refractivity contribution in [1.29, 1.82) is 0 Å². The highest BCUT2D eigenvalue weighted by Gasteiger charge is 2.60. The van der Waals surface area contributed by atoms with E-state index in [2.05, 4.69) is 4.74 Å². The van der Waals surface area contributed by atoms with E-state index in [1.165, 1.54) is 0 Å². The molecule has 0 radical (unpaired) electrons. The molecule has 1 saturated heterocycles. The van der Waals surface area contributed by atoms with E-state index in [1.807, 2.05) is 36.1 Å². The summed E-state index contributed by atoms with van der Waals surface area (Å²) in [6.45, 7) is 8.80. The van der Waals surface area contributed by atoms with Crippen molar-refractivity contribution in [1.82, 2.24) is 14.7 Å². The average molecular weight is 552 g/mol. The molecule has 3 rings (SSSR count). The van der Waals surface area contributed by atoms with E-state index in [4.69, 9.17) is 4.74 Å². The van der Waals surface area contributed by atoms with Gasteiger partial charge in [-0.2, -0.15) is 26.3 Å². The summed E-state index contributed by atoms with van der Waals surface area (Å²) in [6, 6.07) is 5.88. The van der Waals surface area contributed by atoms with Crippen LogP contribution in [0.15, 0.2) is 24.3 Å². The summed E-state index contributed by atoms with van der Waals surface area (Å²) in [5.74, 6) is 0. The molecule has 1 aromatic carbocycles. The van der Waals surface area contributed by atoms with E-state index in [1.54, 1.807) is 25.7 Å². The van der Waals surface area contributed by atoms with Crippen LogP contribution in [0.25, 0.3) is 5.57 Å². The smallest absolute Gasteiger partial charge is 0.434 e. The summed E-state index contributed by atoms with van der Waals surface area (Å²) in [5, 5.41) is 0. The van der Waals surface area contributed by atoms with Gasteiger partial charge in [0.15, 0.2) is 0 Å². The normalized spacial score (nSPS) is 17.6. The number of hydrogen-bond acceptors (Lipinski definition) is 5. The second-order valence-corrected chi connectivity index (χ2v) is 10.4. The van der Waals surface area contributed by atoms with Crippen LogP contribution >= 0.6 is 0 Å². The fraction of sp³-hybridized carbons (Fsp3) is 0.600. The number of carbonyl (C=O) groups is 2. The van der Waals surface area contributed by atoms with Crippen molar-refractivity contribution >= 4 is 17.8 Å². The molecule has 0 bridgehead atoms. The topological polar surface area (TPSA) is 62.3 Å². The van der Waals surface area contributed by atoms with Gasteiger partial charge in [0.05, 0.1) is 0 Å². The third-order valence-electron chi connectivity index (χ3n) is 6.02. The fourth-order valence-electron chi connectivity index (χ4n) is 4.17. The Morgan fingerprint density at radius 2 is 1.53 bits per heavy atom. The first kappa shape index (κ1) is 29.6. The van der Waals surface area contributed by atoms with Gasteiger partial charge in [-0.05, 0) is 44.4 Å². The maximum absolute atomic E-state index is 12.7. The third kappa shape index (κ3) is 7.78. The van der Waals surface area contributed by atoms with Gasteiger partial charge in [-0.1, -0.05) is 29.8 Å². The Bertz CT molecular complexity index is 1040. The molecule has 0 saturated carbocycles. The van der Waals surface area contributed by atoms with Gasteiger partial charge in [-0.3, -0.25) is 4.90 Å². The average Bonchev–Trinajstić information content (AvgIpc) is 3.27. The summed E-state index contributed by atoms with van der Waals surface area (Å²) in [6.07, 6.45) is -15.8. The third-order valence-corrected chi connectivity index (χ3v) is 6.02. The van der Waals surface area contributed by atoms with Crippen molar-refractivity contribution in [2.24, 2.45) is 0 Å². The van der Waals surface area contributed by atoms with Crippen LogP contribution < -0.4 is 0 Å². The molecular weight excluding hydrogens is 520 g/mol. The molecule has 2 aliphatic rings. The Morgan fingerprint density at radius 1 is 0.921 bits per heavy atom. The lowest BCUT2D eigenvalue weighted by molar-refractivity contribution is -0.308. The van der Waals surface area contributed by atoms with E-state index in [9.17, 15) is 35.9 Å². The molecule has 0 unspecified atom stereocenters. The molecule has 0 aliphatic carbocycles. The van der Waals surface area contributed by atoms with Crippen LogP contribution in [0.2, 0.25) is 0 Å². The summed E-state index contributed by atoms with van der Waals surface area (Å²) < 4.78 is 85.6. The second kappa shape index (κ2) is 11.0. The van der Waals surface area contributed by atoms with Crippen LogP contribution in [0.3, 0.4) is 0 Å². The molecular formula is C25H31F6N3O4. The number of nitrogens with zero attached hydrogens (tertiary/aromatic N) is 3. The maximum atomic E-state index is 12.7. The zero-order valence-electron chi connectivity index (χ0n) is 21.6. The van der Waals surface area contributed by atoms with E-state index >= 15 is 0 Å². The van der Waals surface area contributed by atoms with Gasteiger partial charge in [-0.25, -0.2) is 9.59 Å². The molecule has 0 N–H and O–H groups in total. The largest absolute Gasteiger partial charge is 0.444 e. The van der Waals surface area contributed by atoms with E-state index < -0.39 is 36.2 Å². The zero-order chi connectivity index (χ0) is 28.5. The van der Waals surface area contributed by atoms with E-state index in [-0.39, 0.29) is 26.2 Å². The van der Waals surface area contributed by atoms with Gasteiger partial charge in [0.25, 0.3) is 6.10 Å². The molecule has 38 heavy (non-hydrogen) atoms. The molecule has 2 amide bonds. The SMILES string of the molecule is Cc1ccc(CN2CCN(C(=O)OC(C(F)(F)F)C(F)(F)F)CC2)c(C2=CCN(C(=O)OC(C)(C)C)C2)c1. The molecule has 0 aromatic heterocycles. The van der Waals surface area contributed by atoms with Crippen molar-refractivity contribution in [3.8, 4) is 0 Å². The molecule has 0 atom stereocenters. The molecule has 2 aliphatic heterocycles. The molecule has 0 spiro atoms. The van der Waals surface area contributed by atoms with Crippen molar-refractivity contribution in [2.45, 2.75) is 58.3 Å².